The highest BCUT2D eigenvalue weighted by molar-refractivity contribution is 7.71. The Morgan fingerprint density at radius 1 is 1.14 bits per heavy atom. The molecule has 0 radical (unpaired) electrons. The predicted octanol–water partition coefficient (Wildman–Crippen LogP) is 4.28. The fourth-order valence-electron chi connectivity index (χ4n) is 2.30. The summed E-state index contributed by atoms with van der Waals surface area (Å²) in [6, 6.07) is 7.64. The number of aryl methyl sites for hydroxylation is 1. The molecule has 0 saturated carbocycles. The highest BCUT2D eigenvalue weighted by Gasteiger charge is 2.14. The Balaban J connectivity index is 2.36. The number of benzene rings is 2. The minimum atomic E-state index is -0.502. The van der Waals surface area contributed by atoms with Crippen molar-refractivity contribution in [1.82, 2.24) is 9.55 Å². The van der Waals surface area contributed by atoms with Gasteiger partial charge in [-0.1, -0.05) is 6.07 Å². The molecule has 0 aliphatic rings. The van der Waals surface area contributed by atoms with Gasteiger partial charge < -0.3 is 9.72 Å². The van der Waals surface area contributed by atoms with E-state index in [1.165, 1.54) is 29.9 Å². The molecule has 0 amide bonds. The van der Waals surface area contributed by atoms with Gasteiger partial charge in [0.2, 0.25) is 0 Å². The number of halogens is 2. The highest BCUT2D eigenvalue weighted by atomic mass is 32.1. The molecule has 3 nitrogen and oxygen atoms in total. The molecule has 1 aromatic heterocycles. The second kappa shape index (κ2) is 4.96. The molecule has 0 unspecified atom stereocenters. The van der Waals surface area contributed by atoms with E-state index < -0.39 is 11.6 Å². The van der Waals surface area contributed by atoms with Crippen molar-refractivity contribution in [3.8, 4) is 11.4 Å². The third-order valence-corrected chi connectivity index (χ3v) is 3.58. The number of imidazole rings is 1. The maximum Gasteiger partial charge on any atom is 0.182 e. The van der Waals surface area contributed by atoms with Crippen LogP contribution < -0.4 is 4.74 Å². The van der Waals surface area contributed by atoms with Crippen LogP contribution >= 0.6 is 12.2 Å². The normalized spacial score (nSPS) is 11.0. The topological polar surface area (TPSA) is 29.9 Å². The number of rotatable bonds is 2. The summed E-state index contributed by atoms with van der Waals surface area (Å²) in [5, 5.41) is 0. The van der Waals surface area contributed by atoms with E-state index in [-0.39, 0.29) is 5.75 Å². The molecule has 0 fully saturated rings. The first kappa shape index (κ1) is 13.8. The summed E-state index contributed by atoms with van der Waals surface area (Å²) in [6.45, 7) is 1.81. The third kappa shape index (κ3) is 2.21. The van der Waals surface area contributed by atoms with E-state index in [4.69, 9.17) is 17.0 Å². The number of methoxy groups -OCH3 is 1. The van der Waals surface area contributed by atoms with Crippen LogP contribution in [0.2, 0.25) is 0 Å². The highest BCUT2D eigenvalue weighted by Crippen LogP contribution is 2.27. The van der Waals surface area contributed by atoms with Gasteiger partial charge in [-0.25, -0.2) is 8.78 Å². The SMILES string of the molecule is COc1cc2c(cc1F)[nH]c(=S)n2-c1ccc(C)cc1F. The Morgan fingerprint density at radius 3 is 2.57 bits per heavy atom. The Hall–Kier alpha value is -2.21. The zero-order chi connectivity index (χ0) is 15.1. The molecule has 21 heavy (non-hydrogen) atoms. The van der Waals surface area contributed by atoms with Gasteiger partial charge in [0.05, 0.1) is 23.8 Å². The van der Waals surface area contributed by atoms with Crippen LogP contribution in [0.15, 0.2) is 30.3 Å². The van der Waals surface area contributed by atoms with Gasteiger partial charge in [-0.15, -0.1) is 0 Å². The lowest BCUT2D eigenvalue weighted by molar-refractivity contribution is 0.387. The molecule has 0 bridgehead atoms. The number of H-pyrrole nitrogens is 1. The van der Waals surface area contributed by atoms with Crippen LogP contribution in [0.4, 0.5) is 8.78 Å². The standard InChI is InChI=1S/C15H12F2N2OS/c1-8-3-4-12(9(16)5-8)19-13-7-14(20-2)10(17)6-11(13)18-15(19)21/h3-7H,1-2H3,(H,18,21). The summed E-state index contributed by atoms with van der Waals surface area (Å²) in [5.74, 6) is -0.814. The number of hydrogen-bond acceptors (Lipinski definition) is 2. The molecular formula is C15H12F2N2OS. The van der Waals surface area contributed by atoms with E-state index in [1.54, 1.807) is 19.1 Å². The van der Waals surface area contributed by atoms with Crippen molar-refractivity contribution < 1.29 is 13.5 Å². The average Bonchev–Trinajstić information content (AvgIpc) is 2.73. The van der Waals surface area contributed by atoms with Crippen LogP contribution in [0, 0.1) is 23.3 Å². The summed E-state index contributed by atoms with van der Waals surface area (Å²) in [5.41, 5.74) is 2.16. The molecule has 0 aliphatic heterocycles. The van der Waals surface area contributed by atoms with Crippen LogP contribution in [-0.4, -0.2) is 16.7 Å². The summed E-state index contributed by atoms with van der Waals surface area (Å²) in [6.07, 6.45) is 0. The number of nitrogens with one attached hydrogen (secondary N) is 1. The van der Waals surface area contributed by atoms with E-state index in [0.717, 1.165) is 5.56 Å². The molecule has 3 rings (SSSR count). The van der Waals surface area contributed by atoms with Gasteiger partial charge in [-0.05, 0) is 36.8 Å². The van der Waals surface area contributed by atoms with E-state index in [1.807, 2.05) is 0 Å². The number of hydrogen-bond donors (Lipinski definition) is 1. The molecule has 1 N–H and O–H groups in total. The van der Waals surface area contributed by atoms with Crippen LogP contribution in [0.25, 0.3) is 16.7 Å². The van der Waals surface area contributed by atoms with Gasteiger partial charge in [0.15, 0.2) is 16.3 Å². The molecule has 0 spiro atoms. The molecule has 0 aliphatic carbocycles. The smallest absolute Gasteiger partial charge is 0.182 e. The van der Waals surface area contributed by atoms with Crippen molar-refractivity contribution in [3.05, 3.63) is 52.3 Å². The largest absolute Gasteiger partial charge is 0.494 e. The summed E-state index contributed by atoms with van der Waals surface area (Å²) in [4.78, 5) is 2.88. The van der Waals surface area contributed by atoms with Crippen LogP contribution in [0.3, 0.4) is 0 Å². The first-order valence-corrected chi connectivity index (χ1v) is 6.67. The van der Waals surface area contributed by atoms with Crippen molar-refractivity contribution in [2.75, 3.05) is 7.11 Å². The Morgan fingerprint density at radius 2 is 1.90 bits per heavy atom. The molecule has 0 saturated heterocycles. The minimum Gasteiger partial charge on any atom is -0.494 e. The van der Waals surface area contributed by atoms with Crippen molar-refractivity contribution in [2.24, 2.45) is 0 Å². The van der Waals surface area contributed by atoms with Gasteiger partial charge in [0, 0.05) is 12.1 Å². The summed E-state index contributed by atoms with van der Waals surface area (Å²) in [7, 11) is 1.38. The predicted molar refractivity (Wildman–Crippen MR) is 79.7 cm³/mol. The molecule has 3 aromatic rings. The van der Waals surface area contributed by atoms with Crippen molar-refractivity contribution >= 4 is 23.3 Å². The van der Waals surface area contributed by atoms with Gasteiger partial charge in [-0.3, -0.25) is 4.57 Å². The molecular weight excluding hydrogens is 294 g/mol. The van der Waals surface area contributed by atoms with Crippen LogP contribution in [-0.2, 0) is 0 Å². The molecule has 108 valence electrons. The maximum atomic E-state index is 14.2. The van der Waals surface area contributed by atoms with Gasteiger partial charge in [0.1, 0.15) is 5.82 Å². The number of aromatic nitrogens is 2. The van der Waals surface area contributed by atoms with E-state index in [2.05, 4.69) is 4.98 Å². The maximum absolute atomic E-state index is 14.2. The number of aromatic amines is 1. The second-order valence-corrected chi connectivity index (χ2v) is 5.11. The van der Waals surface area contributed by atoms with Gasteiger partial charge in [-0.2, -0.15) is 0 Å². The minimum absolute atomic E-state index is 0.0813. The molecule has 2 aromatic carbocycles. The zero-order valence-corrected chi connectivity index (χ0v) is 12.2. The van der Waals surface area contributed by atoms with Gasteiger partial charge >= 0.3 is 0 Å². The quantitative estimate of drug-likeness (QED) is 0.716. The van der Waals surface area contributed by atoms with Crippen molar-refractivity contribution in [2.45, 2.75) is 6.92 Å². The molecule has 6 heteroatoms. The lowest BCUT2D eigenvalue weighted by atomic mass is 10.2. The fraction of sp³-hybridized carbons (Fsp3) is 0.133. The van der Waals surface area contributed by atoms with E-state index in [0.29, 0.717) is 21.5 Å². The second-order valence-electron chi connectivity index (χ2n) is 4.72. The van der Waals surface area contributed by atoms with Crippen LogP contribution in [0.1, 0.15) is 5.56 Å². The van der Waals surface area contributed by atoms with Crippen LogP contribution in [0.5, 0.6) is 5.75 Å². The molecule has 1 heterocycles. The number of fused-ring (bicyclic) bond motifs is 1. The first-order valence-electron chi connectivity index (χ1n) is 6.26. The Kier molecular flexibility index (Phi) is 3.25. The van der Waals surface area contributed by atoms with E-state index >= 15 is 0 Å². The van der Waals surface area contributed by atoms with Crippen molar-refractivity contribution in [3.63, 3.8) is 0 Å². The first-order chi connectivity index (χ1) is 10.0. The lowest BCUT2D eigenvalue weighted by Crippen LogP contribution is -1.99. The Labute approximate surface area is 124 Å². The zero-order valence-electron chi connectivity index (χ0n) is 11.4. The lowest BCUT2D eigenvalue weighted by Gasteiger charge is -2.08. The summed E-state index contributed by atoms with van der Waals surface area (Å²) >= 11 is 5.23. The fourth-order valence-corrected chi connectivity index (χ4v) is 2.60. The number of nitrogens with zero attached hydrogens (tertiary/aromatic N) is 1. The van der Waals surface area contributed by atoms with E-state index in [9.17, 15) is 8.78 Å². The number of ether oxygens (including phenoxy) is 1. The van der Waals surface area contributed by atoms with Crippen molar-refractivity contribution in [1.29, 1.82) is 0 Å². The monoisotopic (exact) mass is 306 g/mol. The molecule has 0 atom stereocenters. The average molecular weight is 306 g/mol. The Bertz CT molecular complexity index is 899. The summed E-state index contributed by atoms with van der Waals surface area (Å²) < 4.78 is 34.7. The third-order valence-electron chi connectivity index (χ3n) is 3.30. The van der Waals surface area contributed by atoms with Gasteiger partial charge in [0.25, 0.3) is 0 Å².